The molecule has 8 nitrogen and oxygen atoms in total. The van der Waals surface area contributed by atoms with Gasteiger partial charge in [-0.1, -0.05) is 12.1 Å². The van der Waals surface area contributed by atoms with Gasteiger partial charge in [-0.25, -0.2) is 9.97 Å². The molecule has 31 heavy (non-hydrogen) atoms. The van der Waals surface area contributed by atoms with Crippen LogP contribution < -0.4 is 10.6 Å². The maximum absolute atomic E-state index is 12.5. The second-order valence-corrected chi connectivity index (χ2v) is 8.10. The number of nitrogens with two attached hydrogens (primary N) is 1. The van der Waals surface area contributed by atoms with Crippen LogP contribution in [0.1, 0.15) is 42.2 Å². The Morgan fingerprint density at radius 3 is 2.61 bits per heavy atom. The van der Waals surface area contributed by atoms with Crippen molar-refractivity contribution >= 4 is 17.8 Å². The van der Waals surface area contributed by atoms with Crippen LogP contribution in [-0.2, 0) is 4.79 Å². The summed E-state index contributed by atoms with van der Waals surface area (Å²) < 4.78 is 0. The third-order valence-electron chi connectivity index (χ3n) is 5.80. The van der Waals surface area contributed by atoms with Crippen LogP contribution in [0.3, 0.4) is 0 Å². The van der Waals surface area contributed by atoms with E-state index in [4.69, 9.17) is 10.7 Å². The lowest BCUT2D eigenvalue weighted by Crippen LogP contribution is -2.39. The first kappa shape index (κ1) is 22.7. The Balaban J connectivity index is 1.89. The van der Waals surface area contributed by atoms with Crippen LogP contribution in [0.5, 0.6) is 0 Å². The molecule has 0 spiro atoms. The van der Waals surface area contributed by atoms with E-state index in [1.807, 2.05) is 56.1 Å². The highest BCUT2D eigenvalue weighted by Crippen LogP contribution is 2.34. The Hall–Kier alpha value is -3.00. The minimum Gasteiger partial charge on any atom is -0.366 e. The molecular weight excluding hydrogens is 392 g/mol. The molecule has 166 valence electrons. The van der Waals surface area contributed by atoms with Crippen molar-refractivity contribution in [2.24, 2.45) is 5.73 Å². The van der Waals surface area contributed by atoms with Crippen molar-refractivity contribution < 1.29 is 9.59 Å². The molecule has 2 aromatic rings. The number of primary amides is 1. The van der Waals surface area contributed by atoms with Gasteiger partial charge in [0.05, 0.1) is 12.2 Å². The lowest BCUT2D eigenvalue weighted by molar-refractivity contribution is -0.131. The van der Waals surface area contributed by atoms with Gasteiger partial charge in [-0.2, -0.15) is 0 Å². The number of carbonyl (C=O) groups excluding carboxylic acids is 2. The van der Waals surface area contributed by atoms with Crippen LogP contribution in [0.4, 0.5) is 5.95 Å². The first-order valence-electron chi connectivity index (χ1n) is 10.8. The minimum absolute atomic E-state index is 0.164. The van der Waals surface area contributed by atoms with Crippen molar-refractivity contribution in [3.05, 3.63) is 41.7 Å². The van der Waals surface area contributed by atoms with Crippen LogP contribution in [0.25, 0.3) is 11.1 Å². The maximum atomic E-state index is 12.5. The van der Waals surface area contributed by atoms with E-state index in [1.165, 1.54) is 0 Å². The van der Waals surface area contributed by atoms with E-state index in [-0.39, 0.29) is 11.8 Å². The predicted octanol–water partition coefficient (Wildman–Crippen LogP) is 1.97. The van der Waals surface area contributed by atoms with Gasteiger partial charge in [-0.05, 0) is 44.5 Å². The quantitative estimate of drug-likeness (QED) is 0.696. The lowest BCUT2D eigenvalue weighted by atomic mass is 9.95. The first-order chi connectivity index (χ1) is 14.8. The highest BCUT2D eigenvalue weighted by atomic mass is 16.2. The summed E-state index contributed by atoms with van der Waals surface area (Å²) in [5, 5.41) is 0. The summed E-state index contributed by atoms with van der Waals surface area (Å²) in [6.07, 6.45) is 2.74. The van der Waals surface area contributed by atoms with E-state index in [2.05, 4.69) is 9.88 Å². The van der Waals surface area contributed by atoms with E-state index in [0.717, 1.165) is 49.4 Å². The highest BCUT2D eigenvalue weighted by Gasteiger charge is 2.30. The van der Waals surface area contributed by atoms with Gasteiger partial charge in [-0.15, -0.1) is 0 Å². The van der Waals surface area contributed by atoms with Gasteiger partial charge < -0.3 is 15.5 Å². The van der Waals surface area contributed by atoms with Gasteiger partial charge in [0.2, 0.25) is 17.8 Å². The molecule has 0 aliphatic carbocycles. The second kappa shape index (κ2) is 9.87. The number of likely N-dealkylation sites (tertiary alicyclic amines) is 1. The Bertz CT molecular complexity index is 941. The molecule has 3 rings (SSSR count). The molecule has 1 atom stereocenters. The molecule has 1 aliphatic rings. The standard InChI is InChI=1S/C23H32N6O2/c1-5-29(6-2)20(30)15-28-11-10-18(14-28)21-19(13-25-23(26-21)27(3)4)16-8-7-9-17(12-16)22(24)31/h7-9,12-13,18H,5-6,10-11,14-15H2,1-4H3,(H2,24,31). The zero-order valence-electron chi connectivity index (χ0n) is 18.8. The number of likely N-dealkylation sites (N-methyl/N-ethyl adjacent to an activating group) is 1. The Morgan fingerprint density at radius 1 is 1.23 bits per heavy atom. The molecule has 1 aromatic carbocycles. The van der Waals surface area contributed by atoms with Crippen LogP contribution in [0.2, 0.25) is 0 Å². The van der Waals surface area contributed by atoms with Crippen molar-refractivity contribution in [2.45, 2.75) is 26.2 Å². The molecule has 1 saturated heterocycles. The fourth-order valence-corrected chi connectivity index (χ4v) is 4.04. The van der Waals surface area contributed by atoms with Crippen molar-refractivity contribution in [3.8, 4) is 11.1 Å². The summed E-state index contributed by atoms with van der Waals surface area (Å²) in [5.41, 5.74) is 8.64. The lowest BCUT2D eigenvalue weighted by Gasteiger charge is -2.23. The molecule has 2 heterocycles. The number of anilines is 1. The van der Waals surface area contributed by atoms with E-state index >= 15 is 0 Å². The van der Waals surface area contributed by atoms with E-state index < -0.39 is 5.91 Å². The second-order valence-electron chi connectivity index (χ2n) is 8.10. The number of rotatable bonds is 8. The SMILES string of the molecule is CCN(CC)C(=O)CN1CCC(c2nc(N(C)C)ncc2-c2cccc(C(N)=O)c2)C1. The van der Waals surface area contributed by atoms with Gasteiger partial charge >= 0.3 is 0 Å². The molecule has 1 aliphatic heterocycles. The first-order valence-corrected chi connectivity index (χ1v) is 10.8. The number of amides is 2. The molecule has 1 unspecified atom stereocenters. The van der Waals surface area contributed by atoms with Crippen LogP contribution in [0.15, 0.2) is 30.5 Å². The molecule has 1 fully saturated rings. The molecule has 2 amide bonds. The van der Waals surface area contributed by atoms with Gasteiger partial charge in [-0.3, -0.25) is 14.5 Å². The van der Waals surface area contributed by atoms with Crippen molar-refractivity contribution in [1.29, 1.82) is 0 Å². The zero-order chi connectivity index (χ0) is 22.5. The van der Waals surface area contributed by atoms with Crippen molar-refractivity contribution in [3.63, 3.8) is 0 Å². The van der Waals surface area contributed by atoms with Crippen LogP contribution >= 0.6 is 0 Å². The predicted molar refractivity (Wildman–Crippen MR) is 122 cm³/mol. The molecule has 2 N–H and O–H groups in total. The van der Waals surface area contributed by atoms with Gasteiger partial charge in [0, 0.05) is 57.0 Å². The summed E-state index contributed by atoms with van der Waals surface area (Å²) in [4.78, 5) is 39.5. The van der Waals surface area contributed by atoms with Crippen molar-refractivity contribution in [1.82, 2.24) is 19.8 Å². The third kappa shape index (κ3) is 5.19. The van der Waals surface area contributed by atoms with E-state index in [1.54, 1.807) is 12.1 Å². The number of nitrogens with zero attached hydrogens (tertiary/aromatic N) is 5. The van der Waals surface area contributed by atoms with Crippen LogP contribution in [-0.4, -0.2) is 78.4 Å². The summed E-state index contributed by atoms with van der Waals surface area (Å²) in [6, 6.07) is 7.26. The Kier molecular flexibility index (Phi) is 7.22. The third-order valence-corrected chi connectivity index (χ3v) is 5.80. The number of benzene rings is 1. The average molecular weight is 425 g/mol. The highest BCUT2D eigenvalue weighted by molar-refractivity contribution is 5.94. The summed E-state index contributed by atoms with van der Waals surface area (Å²) in [5.74, 6) is 0.522. The number of hydrogen-bond donors (Lipinski definition) is 1. The normalized spacial score (nSPS) is 16.3. The number of hydrogen-bond acceptors (Lipinski definition) is 6. The van der Waals surface area contributed by atoms with E-state index in [9.17, 15) is 9.59 Å². The maximum Gasteiger partial charge on any atom is 0.248 e. The van der Waals surface area contributed by atoms with E-state index in [0.29, 0.717) is 18.1 Å². The van der Waals surface area contributed by atoms with Crippen LogP contribution in [0, 0.1) is 0 Å². The summed E-state index contributed by atoms with van der Waals surface area (Å²) in [7, 11) is 3.83. The Morgan fingerprint density at radius 2 is 1.97 bits per heavy atom. The largest absolute Gasteiger partial charge is 0.366 e. The van der Waals surface area contributed by atoms with Gasteiger partial charge in [0.15, 0.2) is 0 Å². The average Bonchev–Trinajstić information content (AvgIpc) is 3.22. The molecule has 0 bridgehead atoms. The molecule has 0 saturated carbocycles. The minimum atomic E-state index is -0.462. The summed E-state index contributed by atoms with van der Waals surface area (Å²) in [6.45, 7) is 7.50. The topological polar surface area (TPSA) is 95.7 Å². The van der Waals surface area contributed by atoms with Gasteiger partial charge in [0.25, 0.3) is 0 Å². The fraction of sp³-hybridized carbons (Fsp3) is 0.478. The molecule has 1 aromatic heterocycles. The van der Waals surface area contributed by atoms with Crippen molar-refractivity contribution in [2.75, 3.05) is 51.7 Å². The molecular formula is C23H32N6O2. The summed E-state index contributed by atoms with van der Waals surface area (Å²) >= 11 is 0. The smallest absolute Gasteiger partial charge is 0.248 e. The van der Waals surface area contributed by atoms with Gasteiger partial charge in [0.1, 0.15) is 0 Å². The molecule has 8 heteroatoms. The fourth-order valence-electron chi connectivity index (χ4n) is 4.04. The monoisotopic (exact) mass is 424 g/mol. The number of carbonyl (C=O) groups is 2. The zero-order valence-corrected chi connectivity index (χ0v) is 18.8. The molecule has 0 radical (unpaired) electrons. The number of aromatic nitrogens is 2. The Labute approximate surface area is 184 Å².